The van der Waals surface area contributed by atoms with Crippen LogP contribution in [0.3, 0.4) is 0 Å². The summed E-state index contributed by atoms with van der Waals surface area (Å²) < 4.78 is 5.74. The molecule has 0 heterocycles. The SMILES string of the molecule is C/C=C\O[C@H]1C[C@H](C(C)C)CC[C@H]1C. The highest BCUT2D eigenvalue weighted by Gasteiger charge is 2.29. The van der Waals surface area contributed by atoms with Crippen LogP contribution < -0.4 is 0 Å². The molecule has 0 radical (unpaired) electrons. The van der Waals surface area contributed by atoms with E-state index in [9.17, 15) is 0 Å². The number of ether oxygens (including phenoxy) is 1. The molecule has 1 saturated carbocycles. The van der Waals surface area contributed by atoms with E-state index in [1.54, 1.807) is 0 Å². The smallest absolute Gasteiger partial charge is 0.101 e. The fourth-order valence-corrected chi connectivity index (χ4v) is 2.29. The standard InChI is InChI=1S/C13H24O/c1-5-8-14-13-9-12(10(2)3)7-6-11(13)4/h5,8,10-13H,6-7,9H2,1-4H3/b8-5-/t11-,12-,13+/m1/s1. The molecule has 82 valence electrons. The van der Waals surface area contributed by atoms with Crippen molar-refractivity contribution in [3.63, 3.8) is 0 Å². The van der Waals surface area contributed by atoms with Gasteiger partial charge in [0.25, 0.3) is 0 Å². The molecular weight excluding hydrogens is 172 g/mol. The highest BCUT2D eigenvalue weighted by Crippen LogP contribution is 2.34. The summed E-state index contributed by atoms with van der Waals surface area (Å²) >= 11 is 0. The number of hydrogen-bond donors (Lipinski definition) is 0. The molecule has 1 heteroatoms. The van der Waals surface area contributed by atoms with Gasteiger partial charge in [0.15, 0.2) is 0 Å². The first-order valence-electron chi connectivity index (χ1n) is 5.91. The molecule has 0 saturated heterocycles. The second kappa shape index (κ2) is 5.43. The quantitative estimate of drug-likeness (QED) is 0.620. The minimum Gasteiger partial charge on any atom is -0.498 e. The van der Waals surface area contributed by atoms with Gasteiger partial charge in [-0.15, -0.1) is 0 Å². The highest BCUT2D eigenvalue weighted by atomic mass is 16.5. The molecule has 1 aliphatic carbocycles. The van der Waals surface area contributed by atoms with Crippen molar-refractivity contribution in [1.29, 1.82) is 0 Å². The molecule has 14 heavy (non-hydrogen) atoms. The van der Waals surface area contributed by atoms with Gasteiger partial charge >= 0.3 is 0 Å². The van der Waals surface area contributed by atoms with E-state index in [1.165, 1.54) is 19.3 Å². The van der Waals surface area contributed by atoms with Gasteiger partial charge in [0, 0.05) is 0 Å². The van der Waals surface area contributed by atoms with Crippen LogP contribution in [-0.2, 0) is 4.74 Å². The molecule has 0 aliphatic heterocycles. The van der Waals surface area contributed by atoms with Gasteiger partial charge < -0.3 is 4.74 Å². The molecule has 0 amide bonds. The Morgan fingerprint density at radius 2 is 2.00 bits per heavy atom. The van der Waals surface area contributed by atoms with Crippen molar-refractivity contribution in [3.05, 3.63) is 12.3 Å². The number of allylic oxidation sites excluding steroid dienone is 1. The van der Waals surface area contributed by atoms with E-state index in [0.717, 1.165) is 17.8 Å². The van der Waals surface area contributed by atoms with Crippen LogP contribution in [0.2, 0.25) is 0 Å². The van der Waals surface area contributed by atoms with E-state index >= 15 is 0 Å². The first-order chi connectivity index (χ1) is 6.65. The molecule has 0 N–H and O–H groups in total. The third-order valence-electron chi connectivity index (χ3n) is 3.49. The summed E-state index contributed by atoms with van der Waals surface area (Å²) in [4.78, 5) is 0. The number of hydrogen-bond acceptors (Lipinski definition) is 1. The van der Waals surface area contributed by atoms with E-state index in [2.05, 4.69) is 20.8 Å². The summed E-state index contributed by atoms with van der Waals surface area (Å²) in [6.07, 6.45) is 8.23. The Morgan fingerprint density at radius 3 is 2.57 bits per heavy atom. The summed E-state index contributed by atoms with van der Waals surface area (Å²) in [5.41, 5.74) is 0. The van der Waals surface area contributed by atoms with Crippen molar-refractivity contribution in [3.8, 4) is 0 Å². The zero-order valence-electron chi connectivity index (χ0n) is 9.99. The normalized spacial score (nSPS) is 33.9. The van der Waals surface area contributed by atoms with E-state index in [1.807, 2.05) is 19.3 Å². The Balaban J connectivity index is 2.46. The average molecular weight is 196 g/mol. The van der Waals surface area contributed by atoms with Crippen molar-refractivity contribution in [1.82, 2.24) is 0 Å². The first-order valence-corrected chi connectivity index (χ1v) is 5.91. The van der Waals surface area contributed by atoms with Gasteiger partial charge in [-0.2, -0.15) is 0 Å². The molecule has 0 aromatic carbocycles. The van der Waals surface area contributed by atoms with Gasteiger partial charge in [0.2, 0.25) is 0 Å². The zero-order chi connectivity index (χ0) is 10.6. The fourth-order valence-electron chi connectivity index (χ4n) is 2.29. The second-order valence-electron chi connectivity index (χ2n) is 4.94. The second-order valence-corrected chi connectivity index (χ2v) is 4.94. The lowest BCUT2D eigenvalue weighted by molar-refractivity contribution is 0.0272. The minimum absolute atomic E-state index is 0.451. The van der Waals surface area contributed by atoms with E-state index in [-0.39, 0.29) is 0 Å². The van der Waals surface area contributed by atoms with Crippen LogP contribution in [0.25, 0.3) is 0 Å². The van der Waals surface area contributed by atoms with E-state index < -0.39 is 0 Å². The molecule has 1 rings (SSSR count). The molecule has 0 unspecified atom stereocenters. The van der Waals surface area contributed by atoms with Crippen LogP contribution >= 0.6 is 0 Å². The van der Waals surface area contributed by atoms with Crippen molar-refractivity contribution in [2.24, 2.45) is 17.8 Å². The summed E-state index contributed by atoms with van der Waals surface area (Å²) in [6.45, 7) is 8.97. The summed E-state index contributed by atoms with van der Waals surface area (Å²) in [7, 11) is 0. The monoisotopic (exact) mass is 196 g/mol. The Bertz CT molecular complexity index is 184. The third-order valence-corrected chi connectivity index (χ3v) is 3.49. The van der Waals surface area contributed by atoms with E-state index in [4.69, 9.17) is 4.74 Å². The van der Waals surface area contributed by atoms with Gasteiger partial charge in [-0.25, -0.2) is 0 Å². The van der Waals surface area contributed by atoms with Crippen molar-refractivity contribution >= 4 is 0 Å². The first kappa shape index (κ1) is 11.6. The third kappa shape index (κ3) is 3.04. The van der Waals surface area contributed by atoms with Crippen LogP contribution in [-0.4, -0.2) is 6.10 Å². The summed E-state index contributed by atoms with van der Waals surface area (Å²) in [5.74, 6) is 2.39. The maximum atomic E-state index is 5.74. The van der Waals surface area contributed by atoms with Gasteiger partial charge in [-0.05, 0) is 43.9 Å². The Labute approximate surface area is 88.5 Å². The molecule has 0 spiro atoms. The number of rotatable bonds is 3. The highest BCUT2D eigenvalue weighted by molar-refractivity contribution is 4.82. The van der Waals surface area contributed by atoms with Gasteiger partial charge in [-0.1, -0.05) is 26.8 Å². The molecular formula is C13H24O. The molecule has 0 bridgehead atoms. The van der Waals surface area contributed by atoms with Gasteiger partial charge in [0.05, 0.1) is 6.26 Å². The Hall–Kier alpha value is -0.460. The predicted octanol–water partition coefficient (Wildman–Crippen LogP) is 4.00. The van der Waals surface area contributed by atoms with Crippen LogP contribution in [0.1, 0.15) is 47.0 Å². The lowest BCUT2D eigenvalue weighted by Crippen LogP contribution is -2.31. The molecule has 1 fully saturated rings. The van der Waals surface area contributed by atoms with Crippen molar-refractivity contribution < 1.29 is 4.74 Å². The Morgan fingerprint density at radius 1 is 1.29 bits per heavy atom. The Kier molecular flexibility index (Phi) is 4.50. The summed E-state index contributed by atoms with van der Waals surface area (Å²) in [6, 6.07) is 0. The van der Waals surface area contributed by atoms with Crippen LogP contribution in [0.4, 0.5) is 0 Å². The van der Waals surface area contributed by atoms with Gasteiger partial charge in [-0.3, -0.25) is 0 Å². The van der Waals surface area contributed by atoms with Crippen LogP contribution in [0, 0.1) is 17.8 Å². The van der Waals surface area contributed by atoms with Crippen molar-refractivity contribution in [2.45, 2.75) is 53.1 Å². The van der Waals surface area contributed by atoms with Crippen LogP contribution in [0.5, 0.6) is 0 Å². The molecule has 3 atom stereocenters. The molecule has 1 nitrogen and oxygen atoms in total. The molecule has 1 aliphatic rings. The lowest BCUT2D eigenvalue weighted by atomic mass is 9.76. The van der Waals surface area contributed by atoms with Crippen LogP contribution in [0.15, 0.2) is 12.3 Å². The van der Waals surface area contributed by atoms with Crippen molar-refractivity contribution in [2.75, 3.05) is 0 Å². The fraction of sp³-hybridized carbons (Fsp3) is 0.846. The largest absolute Gasteiger partial charge is 0.498 e. The molecule has 0 aromatic rings. The maximum absolute atomic E-state index is 5.74. The zero-order valence-corrected chi connectivity index (χ0v) is 9.99. The molecule has 0 aromatic heterocycles. The van der Waals surface area contributed by atoms with E-state index in [0.29, 0.717) is 6.10 Å². The predicted molar refractivity (Wildman–Crippen MR) is 61.0 cm³/mol. The minimum atomic E-state index is 0.451. The lowest BCUT2D eigenvalue weighted by Gasteiger charge is -2.35. The topological polar surface area (TPSA) is 9.23 Å². The maximum Gasteiger partial charge on any atom is 0.101 e. The average Bonchev–Trinajstić information content (AvgIpc) is 2.16. The summed E-state index contributed by atoms with van der Waals surface area (Å²) in [5, 5.41) is 0. The van der Waals surface area contributed by atoms with Gasteiger partial charge in [0.1, 0.15) is 6.10 Å².